The molecule has 0 saturated carbocycles. The molecule has 0 unspecified atom stereocenters. The second kappa shape index (κ2) is 6.13. The minimum atomic E-state index is -1.64. The van der Waals surface area contributed by atoms with Gasteiger partial charge < -0.3 is 10.6 Å². The van der Waals surface area contributed by atoms with E-state index in [-0.39, 0.29) is 11.4 Å². The fourth-order valence-corrected chi connectivity index (χ4v) is 1.95. The van der Waals surface area contributed by atoms with Crippen molar-refractivity contribution in [3.63, 3.8) is 0 Å². The van der Waals surface area contributed by atoms with Gasteiger partial charge in [-0.15, -0.1) is 0 Å². The van der Waals surface area contributed by atoms with Gasteiger partial charge in [-0.2, -0.15) is 0 Å². The minimum Gasteiger partial charge on any atom is -0.372 e. The van der Waals surface area contributed by atoms with Crippen molar-refractivity contribution in [2.75, 3.05) is 17.7 Å². The normalized spacial score (nSPS) is 10.3. The van der Waals surface area contributed by atoms with Crippen LogP contribution < -0.4 is 10.6 Å². The summed E-state index contributed by atoms with van der Waals surface area (Å²) < 4.78 is 40.0. The molecule has 0 saturated heterocycles. The summed E-state index contributed by atoms with van der Waals surface area (Å²) in [5, 5.41) is 4.88. The maximum Gasteiger partial charge on any atom is 0.259 e. The van der Waals surface area contributed by atoms with Crippen LogP contribution in [-0.2, 0) is 0 Å². The molecule has 0 atom stereocenters. The van der Waals surface area contributed by atoms with Crippen molar-refractivity contribution in [2.45, 2.75) is 0 Å². The Kier molecular flexibility index (Phi) is 4.46. The van der Waals surface area contributed by atoms with Crippen LogP contribution in [0.3, 0.4) is 0 Å². The largest absolute Gasteiger partial charge is 0.372 e. The number of nitrogens with one attached hydrogen (secondary N) is 2. The van der Waals surface area contributed by atoms with Crippen LogP contribution >= 0.6 is 15.9 Å². The lowest BCUT2D eigenvalue weighted by Crippen LogP contribution is -2.16. The number of carbonyl (C=O) groups excluding carboxylic acids is 1. The fourth-order valence-electron chi connectivity index (χ4n) is 1.62. The van der Waals surface area contributed by atoms with Gasteiger partial charge in [-0.3, -0.25) is 4.79 Å². The summed E-state index contributed by atoms with van der Waals surface area (Å²) in [4.78, 5) is 16.1. The summed E-state index contributed by atoms with van der Waals surface area (Å²) in [6.45, 7) is 0. The number of rotatable bonds is 3. The van der Waals surface area contributed by atoms with Gasteiger partial charge in [0.2, 0.25) is 0 Å². The first-order valence-corrected chi connectivity index (χ1v) is 6.51. The van der Waals surface area contributed by atoms with Gasteiger partial charge in [0, 0.05) is 17.7 Å². The number of anilines is 2. The lowest BCUT2D eigenvalue weighted by molar-refractivity contribution is 0.102. The lowest BCUT2D eigenvalue weighted by atomic mass is 10.2. The first kappa shape index (κ1) is 15.3. The summed E-state index contributed by atoms with van der Waals surface area (Å²) in [6.07, 6.45) is 1.47. The third-order valence-electron chi connectivity index (χ3n) is 2.62. The maximum atomic E-state index is 13.5. The molecule has 0 aliphatic carbocycles. The number of aromatic nitrogens is 1. The molecule has 0 fully saturated rings. The van der Waals surface area contributed by atoms with E-state index in [0.29, 0.717) is 4.47 Å². The van der Waals surface area contributed by atoms with Crippen molar-refractivity contribution in [2.24, 2.45) is 0 Å². The highest BCUT2D eigenvalue weighted by atomic mass is 79.9. The van der Waals surface area contributed by atoms with Gasteiger partial charge in [-0.05, 0) is 34.1 Å². The summed E-state index contributed by atoms with van der Waals surface area (Å²) in [6, 6.07) is 3.13. The van der Waals surface area contributed by atoms with Crippen LogP contribution in [0.2, 0.25) is 0 Å². The molecule has 2 rings (SSSR count). The molecule has 0 bridgehead atoms. The van der Waals surface area contributed by atoms with Gasteiger partial charge in [0.25, 0.3) is 5.91 Å². The van der Waals surface area contributed by atoms with Gasteiger partial charge >= 0.3 is 0 Å². The van der Waals surface area contributed by atoms with E-state index in [1.165, 1.54) is 12.3 Å². The van der Waals surface area contributed by atoms with Gasteiger partial charge in [-0.1, -0.05) is 0 Å². The molecule has 2 N–H and O–H groups in total. The minimum absolute atomic E-state index is 0.121. The van der Waals surface area contributed by atoms with Gasteiger partial charge in [0.15, 0.2) is 17.5 Å². The van der Waals surface area contributed by atoms with E-state index in [0.717, 1.165) is 12.1 Å². The Balaban J connectivity index is 2.35. The average molecular weight is 360 g/mol. The Morgan fingerprint density at radius 1 is 1.24 bits per heavy atom. The average Bonchev–Trinajstić information content (AvgIpc) is 2.47. The number of halogens is 4. The molecule has 1 aromatic heterocycles. The van der Waals surface area contributed by atoms with Crippen molar-refractivity contribution < 1.29 is 18.0 Å². The number of hydrogen-bond acceptors (Lipinski definition) is 3. The van der Waals surface area contributed by atoms with E-state index in [4.69, 9.17) is 0 Å². The Morgan fingerprint density at radius 2 is 1.95 bits per heavy atom. The molecule has 1 amide bonds. The number of amides is 1. The monoisotopic (exact) mass is 359 g/mol. The molecule has 0 aliphatic heterocycles. The highest BCUT2D eigenvalue weighted by Gasteiger charge is 2.18. The van der Waals surface area contributed by atoms with Crippen LogP contribution in [0.25, 0.3) is 0 Å². The summed E-state index contributed by atoms with van der Waals surface area (Å²) in [5.74, 6) is -4.88. The molecule has 0 radical (unpaired) electrons. The topological polar surface area (TPSA) is 54.0 Å². The molecule has 1 heterocycles. The van der Waals surface area contributed by atoms with Crippen molar-refractivity contribution in [1.82, 2.24) is 4.98 Å². The van der Waals surface area contributed by atoms with Crippen molar-refractivity contribution >= 4 is 33.3 Å². The van der Waals surface area contributed by atoms with Crippen molar-refractivity contribution in [1.29, 1.82) is 0 Å². The van der Waals surface area contributed by atoms with E-state index < -0.39 is 29.0 Å². The molecule has 4 nitrogen and oxygen atoms in total. The second-order valence-electron chi connectivity index (χ2n) is 3.98. The fraction of sp³-hybridized carbons (Fsp3) is 0.0769. The third-order valence-corrected chi connectivity index (χ3v) is 3.05. The Bertz CT molecular complexity index is 709. The first-order valence-electron chi connectivity index (χ1n) is 5.72. The highest BCUT2D eigenvalue weighted by molar-refractivity contribution is 9.10. The highest BCUT2D eigenvalue weighted by Crippen LogP contribution is 2.23. The van der Waals surface area contributed by atoms with Crippen LogP contribution in [0.5, 0.6) is 0 Å². The van der Waals surface area contributed by atoms with E-state index in [2.05, 4.69) is 31.5 Å². The van der Waals surface area contributed by atoms with Gasteiger partial charge in [0.05, 0.1) is 11.3 Å². The number of nitrogens with zero attached hydrogens (tertiary/aromatic N) is 1. The predicted molar refractivity (Wildman–Crippen MR) is 75.8 cm³/mol. The standard InChI is InChI=1S/C13H9BrF3N3O/c1-18-12-7(4-6(14)5-19-12)13(21)20-9-3-2-8(15)10(16)11(9)17/h2-5H,1H3,(H,18,19)(H,20,21). The smallest absolute Gasteiger partial charge is 0.259 e. The zero-order valence-electron chi connectivity index (χ0n) is 10.7. The molecular formula is C13H9BrF3N3O. The predicted octanol–water partition coefficient (Wildman–Crippen LogP) is 3.56. The lowest BCUT2D eigenvalue weighted by Gasteiger charge is -2.10. The van der Waals surface area contributed by atoms with Gasteiger partial charge in [0.1, 0.15) is 5.82 Å². The Morgan fingerprint density at radius 3 is 2.62 bits per heavy atom. The third kappa shape index (κ3) is 3.15. The van der Waals surface area contributed by atoms with E-state index >= 15 is 0 Å². The van der Waals surface area contributed by atoms with Crippen LogP contribution in [0.4, 0.5) is 24.7 Å². The molecule has 110 valence electrons. The molecular weight excluding hydrogens is 351 g/mol. The molecule has 0 spiro atoms. The zero-order valence-corrected chi connectivity index (χ0v) is 12.3. The molecule has 0 aliphatic rings. The second-order valence-corrected chi connectivity index (χ2v) is 4.89. The molecule has 21 heavy (non-hydrogen) atoms. The van der Waals surface area contributed by atoms with Crippen molar-refractivity contribution in [3.8, 4) is 0 Å². The number of hydrogen-bond donors (Lipinski definition) is 2. The summed E-state index contributed by atoms with van der Waals surface area (Å²) in [5.41, 5.74) is -0.336. The number of pyridine rings is 1. The summed E-state index contributed by atoms with van der Waals surface area (Å²) in [7, 11) is 1.56. The number of carbonyl (C=O) groups is 1. The molecule has 2 aromatic rings. The first-order chi connectivity index (χ1) is 9.93. The van der Waals surface area contributed by atoms with Crippen LogP contribution in [0.15, 0.2) is 28.9 Å². The maximum absolute atomic E-state index is 13.5. The van der Waals surface area contributed by atoms with Gasteiger partial charge in [-0.25, -0.2) is 18.2 Å². The quantitative estimate of drug-likeness (QED) is 0.824. The molecule has 1 aromatic carbocycles. The number of benzene rings is 1. The zero-order chi connectivity index (χ0) is 15.6. The van der Waals surface area contributed by atoms with Crippen LogP contribution in [0.1, 0.15) is 10.4 Å². The summed E-state index contributed by atoms with van der Waals surface area (Å²) >= 11 is 3.16. The van der Waals surface area contributed by atoms with E-state index in [1.807, 2.05) is 0 Å². The van der Waals surface area contributed by atoms with E-state index in [9.17, 15) is 18.0 Å². The van der Waals surface area contributed by atoms with E-state index in [1.54, 1.807) is 7.05 Å². The Hall–Kier alpha value is -2.09. The van der Waals surface area contributed by atoms with Crippen LogP contribution in [-0.4, -0.2) is 17.9 Å². The van der Waals surface area contributed by atoms with Crippen molar-refractivity contribution in [3.05, 3.63) is 51.9 Å². The SMILES string of the molecule is CNc1ncc(Br)cc1C(=O)Nc1ccc(F)c(F)c1F. The van der Waals surface area contributed by atoms with Crippen LogP contribution in [0, 0.1) is 17.5 Å². The molecule has 8 heteroatoms. The Labute approximate surface area is 126 Å².